The van der Waals surface area contributed by atoms with Crippen molar-refractivity contribution in [3.63, 3.8) is 0 Å². The van der Waals surface area contributed by atoms with E-state index in [0.29, 0.717) is 19.3 Å². The summed E-state index contributed by atoms with van der Waals surface area (Å²) in [5.41, 5.74) is -2.49. The molecule has 20 nitrogen and oxygen atoms in total. The normalized spacial score (nSPS) is 55.8. The molecule has 8 rings (SSSR count). The van der Waals surface area contributed by atoms with Crippen LogP contribution in [0.2, 0.25) is 0 Å². The third-order valence-corrected chi connectivity index (χ3v) is 18.5. The molecule has 0 amide bonds. The van der Waals surface area contributed by atoms with E-state index >= 15 is 0 Å². The Labute approximate surface area is 399 Å². The van der Waals surface area contributed by atoms with Crippen LogP contribution in [0.3, 0.4) is 0 Å². The van der Waals surface area contributed by atoms with Crippen molar-refractivity contribution in [3.8, 4) is 0 Å². The SMILES string of the molecule is CO[C@H]1[C@@H](O)[C@H](O[C@@H]2[C@@H](C)O[C@@H](O[C@H]3[C@@H](OC)C[C@H](O[C@H]4CC[C@@]5(C)[C@@H](CC[C@@H]6[C@@H]5[C@H](O)[C@@H](O)[C@]5(C)[C@@H]([C@H](C)O)CC[C@]65O)C4)O[C@@H]3C)C[C@H]2OC)O[C@H](C)[C@H]1O[C@@H]1O[C@H](CO)[C@@H](O)[C@H](O)[C@H]1O. The lowest BCUT2D eigenvalue weighted by atomic mass is 9.41. The van der Waals surface area contributed by atoms with Gasteiger partial charge in [0.15, 0.2) is 25.2 Å². The van der Waals surface area contributed by atoms with E-state index in [9.17, 15) is 46.0 Å². The van der Waals surface area contributed by atoms with Gasteiger partial charge in [0.05, 0.1) is 67.1 Å². The van der Waals surface area contributed by atoms with Crippen LogP contribution >= 0.6 is 0 Å². The number of ether oxygens (including phenoxy) is 11. The third kappa shape index (κ3) is 9.17. The molecular weight excluding hydrogens is 897 g/mol. The van der Waals surface area contributed by atoms with Crippen LogP contribution in [0.4, 0.5) is 0 Å². The van der Waals surface area contributed by atoms with E-state index < -0.39 is 147 Å². The fourth-order valence-electron chi connectivity index (χ4n) is 14.7. The predicted molar refractivity (Wildman–Crippen MR) is 235 cm³/mol. The Morgan fingerprint density at radius 2 is 1.19 bits per heavy atom. The maximum Gasteiger partial charge on any atom is 0.187 e. The molecule has 4 saturated carbocycles. The van der Waals surface area contributed by atoms with Crippen LogP contribution in [-0.4, -0.2) is 215 Å². The molecule has 68 heavy (non-hydrogen) atoms. The molecule has 0 spiro atoms. The van der Waals surface area contributed by atoms with Crippen molar-refractivity contribution >= 4 is 0 Å². The first kappa shape index (κ1) is 53.5. The van der Waals surface area contributed by atoms with Gasteiger partial charge in [0, 0.05) is 39.6 Å². The van der Waals surface area contributed by atoms with Crippen molar-refractivity contribution in [2.45, 2.75) is 240 Å². The van der Waals surface area contributed by atoms with E-state index in [-0.39, 0.29) is 41.6 Å². The highest BCUT2D eigenvalue weighted by molar-refractivity contribution is 5.22. The molecule has 0 bridgehead atoms. The highest BCUT2D eigenvalue weighted by atomic mass is 16.8. The first-order valence-electron chi connectivity index (χ1n) is 25.1. The zero-order chi connectivity index (χ0) is 49.4. The molecule has 4 aliphatic heterocycles. The predicted octanol–water partition coefficient (Wildman–Crippen LogP) is -0.156. The molecule has 0 aromatic heterocycles. The first-order chi connectivity index (χ1) is 32.2. The lowest BCUT2D eigenvalue weighted by molar-refractivity contribution is -0.373. The average Bonchev–Trinajstić information content (AvgIpc) is 3.60. The van der Waals surface area contributed by atoms with E-state index in [4.69, 9.17) is 52.1 Å². The molecule has 8 fully saturated rings. The molecule has 4 aliphatic carbocycles. The van der Waals surface area contributed by atoms with Crippen LogP contribution in [0.1, 0.15) is 99.3 Å². The van der Waals surface area contributed by atoms with Crippen LogP contribution in [-0.2, 0) is 52.1 Å². The topological polar surface area (TPSA) is 284 Å². The van der Waals surface area contributed by atoms with Crippen LogP contribution in [0.5, 0.6) is 0 Å². The molecule has 4 saturated heterocycles. The second-order valence-corrected chi connectivity index (χ2v) is 21.9. The fraction of sp³-hybridized carbons (Fsp3) is 1.00. The van der Waals surface area contributed by atoms with Crippen molar-refractivity contribution in [2.75, 3.05) is 27.9 Å². The maximum absolute atomic E-state index is 12.5. The molecule has 8 aliphatic rings. The van der Waals surface area contributed by atoms with Gasteiger partial charge in [-0.2, -0.15) is 0 Å². The molecule has 0 aromatic rings. The number of aliphatic hydroxyl groups excluding tert-OH is 8. The highest BCUT2D eigenvalue weighted by Gasteiger charge is 2.73. The highest BCUT2D eigenvalue weighted by Crippen LogP contribution is 2.69. The van der Waals surface area contributed by atoms with Gasteiger partial charge >= 0.3 is 0 Å². The number of methoxy groups -OCH3 is 3. The Morgan fingerprint density at radius 1 is 0.603 bits per heavy atom. The van der Waals surface area contributed by atoms with Crippen LogP contribution in [0, 0.1) is 34.5 Å². The van der Waals surface area contributed by atoms with Gasteiger partial charge in [-0.25, -0.2) is 0 Å². The Kier molecular flexibility index (Phi) is 16.4. The van der Waals surface area contributed by atoms with E-state index in [2.05, 4.69) is 6.92 Å². The summed E-state index contributed by atoms with van der Waals surface area (Å²) in [4.78, 5) is 0. The lowest BCUT2D eigenvalue weighted by Gasteiger charge is -2.66. The summed E-state index contributed by atoms with van der Waals surface area (Å²) in [6, 6.07) is 0. The largest absolute Gasteiger partial charge is 0.394 e. The summed E-state index contributed by atoms with van der Waals surface area (Å²) in [5.74, 6) is -0.549. The molecule has 0 aromatic carbocycles. The number of hydrogen-bond acceptors (Lipinski definition) is 20. The van der Waals surface area contributed by atoms with Crippen LogP contribution in [0.15, 0.2) is 0 Å². The first-order valence-corrected chi connectivity index (χ1v) is 25.1. The summed E-state index contributed by atoms with van der Waals surface area (Å²) in [6.45, 7) is 10.6. The Balaban J connectivity index is 0.844. The van der Waals surface area contributed by atoms with Gasteiger partial charge in [-0.3, -0.25) is 0 Å². The standard InChI is InChI=1S/C48H82O20/c1-20(50)26-13-15-48(57)27-11-10-24-16-25(12-14-46(24,5)33(27)35(52)43(56)47(26,48)6)64-31-17-28(58-7)39(21(2)61-31)66-32-18-29(59-8)40(22(3)62-32)67-45-38(55)42(60-9)41(23(4)63-45)68-44-37(54)36(53)34(51)30(19-49)65-44/h20-45,49-57H,10-19H2,1-9H3/t20-,21+,22+,23+,24-,25-,26+,27+,28-,29+,30+,31-,32-,33+,34+,35-,36-,37+,38+,39+,40+,41+,42-,43+,44-,45-,46-,47-,48-/m0/s1. The molecular formula is C48H82O20. The van der Waals surface area contributed by atoms with Gasteiger partial charge in [0.2, 0.25) is 0 Å². The molecule has 0 unspecified atom stereocenters. The average molecular weight is 979 g/mol. The van der Waals surface area contributed by atoms with E-state index in [1.54, 1.807) is 35.0 Å². The van der Waals surface area contributed by atoms with Crippen LogP contribution in [0.25, 0.3) is 0 Å². The molecule has 29 atom stereocenters. The third-order valence-electron chi connectivity index (χ3n) is 18.5. The summed E-state index contributed by atoms with van der Waals surface area (Å²) < 4.78 is 67.8. The number of rotatable bonds is 13. The van der Waals surface area contributed by atoms with E-state index in [1.807, 2.05) is 13.8 Å². The summed E-state index contributed by atoms with van der Waals surface area (Å²) in [5, 5.41) is 99.0. The van der Waals surface area contributed by atoms with Gasteiger partial charge in [0.25, 0.3) is 0 Å². The second kappa shape index (κ2) is 20.8. The van der Waals surface area contributed by atoms with Crippen molar-refractivity contribution in [3.05, 3.63) is 0 Å². The minimum atomic E-state index is -1.66. The molecule has 394 valence electrons. The monoisotopic (exact) mass is 979 g/mol. The molecule has 4 heterocycles. The second-order valence-electron chi connectivity index (χ2n) is 21.9. The smallest absolute Gasteiger partial charge is 0.187 e. The minimum Gasteiger partial charge on any atom is -0.394 e. The fourth-order valence-corrected chi connectivity index (χ4v) is 14.7. The minimum absolute atomic E-state index is 0.0986. The van der Waals surface area contributed by atoms with Crippen molar-refractivity contribution in [1.29, 1.82) is 0 Å². The maximum atomic E-state index is 12.5. The van der Waals surface area contributed by atoms with Crippen molar-refractivity contribution in [2.24, 2.45) is 34.5 Å². The number of aliphatic hydroxyl groups is 9. The summed E-state index contributed by atoms with van der Waals surface area (Å²) in [6.07, 6.45) is -14.9. The van der Waals surface area contributed by atoms with Gasteiger partial charge in [-0.05, 0) is 102 Å². The van der Waals surface area contributed by atoms with Crippen molar-refractivity contribution in [1.82, 2.24) is 0 Å². The van der Waals surface area contributed by atoms with Gasteiger partial charge in [-0.15, -0.1) is 0 Å². The van der Waals surface area contributed by atoms with Gasteiger partial charge < -0.3 is 98.1 Å². The zero-order valence-corrected chi connectivity index (χ0v) is 41.1. The zero-order valence-electron chi connectivity index (χ0n) is 41.1. The number of fused-ring (bicyclic) bond motifs is 5. The van der Waals surface area contributed by atoms with E-state index in [1.165, 1.54) is 7.11 Å². The lowest BCUT2D eigenvalue weighted by Crippen LogP contribution is -2.72. The summed E-state index contributed by atoms with van der Waals surface area (Å²) in [7, 11) is 4.55. The Bertz CT molecular complexity index is 1660. The summed E-state index contributed by atoms with van der Waals surface area (Å²) >= 11 is 0. The molecule has 20 heteroatoms. The number of hydrogen-bond donors (Lipinski definition) is 9. The quantitative estimate of drug-likeness (QED) is 0.109. The molecule has 9 N–H and O–H groups in total. The molecule has 0 radical (unpaired) electrons. The van der Waals surface area contributed by atoms with Gasteiger partial charge in [0.1, 0.15) is 54.9 Å². The van der Waals surface area contributed by atoms with Gasteiger partial charge in [-0.1, -0.05) is 13.8 Å². The van der Waals surface area contributed by atoms with Crippen molar-refractivity contribution < 1.29 is 98.1 Å². The van der Waals surface area contributed by atoms with Crippen LogP contribution < -0.4 is 0 Å². The Hall–Kier alpha value is -0.800. The van der Waals surface area contributed by atoms with E-state index in [0.717, 1.165) is 32.1 Å². The Morgan fingerprint density at radius 3 is 1.79 bits per heavy atom.